The quantitative estimate of drug-likeness (QED) is 0.248. The van der Waals surface area contributed by atoms with Gasteiger partial charge in [-0.05, 0) is 46.7 Å². The van der Waals surface area contributed by atoms with Crippen LogP contribution in [0.1, 0.15) is 21.5 Å². The van der Waals surface area contributed by atoms with E-state index in [0.29, 0.717) is 28.7 Å². The van der Waals surface area contributed by atoms with Crippen LogP contribution in [0.3, 0.4) is 0 Å². The zero-order valence-corrected chi connectivity index (χ0v) is 18.3. The van der Waals surface area contributed by atoms with Gasteiger partial charge in [-0.3, -0.25) is 14.9 Å². The summed E-state index contributed by atoms with van der Waals surface area (Å²) in [6.07, 6.45) is 1.41. The Morgan fingerprint density at radius 2 is 1.76 bits per heavy atom. The average Bonchev–Trinajstić information content (AvgIpc) is 2.82. The predicted octanol–water partition coefficient (Wildman–Crippen LogP) is 3.25. The number of nitrogens with two attached hydrogens (primary N) is 1. The fraction of sp³-hybridized carbons (Fsp3) is 0.0417. The van der Waals surface area contributed by atoms with Gasteiger partial charge < -0.3 is 11.1 Å². The number of hydrogen-bond acceptors (Lipinski definition) is 5. The van der Waals surface area contributed by atoms with Crippen LogP contribution >= 0.6 is 0 Å². The molecule has 9 heteroatoms. The normalized spacial score (nSPS) is 11.2. The molecule has 33 heavy (non-hydrogen) atoms. The summed E-state index contributed by atoms with van der Waals surface area (Å²) in [5, 5.41) is 11.7. The van der Waals surface area contributed by atoms with Crippen LogP contribution in [-0.4, -0.2) is 25.1 Å². The van der Waals surface area contributed by atoms with Gasteiger partial charge in [0.2, 0.25) is 0 Å². The van der Waals surface area contributed by atoms with Crippen molar-refractivity contribution in [2.45, 2.75) is 11.6 Å². The largest absolute Gasteiger partial charge is 0.384 e. The van der Waals surface area contributed by atoms with Crippen molar-refractivity contribution in [1.82, 2.24) is 10.3 Å². The Labute approximate surface area is 191 Å². The molecule has 0 aliphatic rings. The fourth-order valence-corrected chi connectivity index (χ4v) is 4.34. The second kappa shape index (κ2) is 9.09. The summed E-state index contributed by atoms with van der Waals surface area (Å²) in [7, 11) is -3.82. The lowest BCUT2D eigenvalue weighted by Crippen LogP contribution is -2.23. The zero-order chi connectivity index (χ0) is 23.4. The van der Waals surface area contributed by atoms with Crippen LogP contribution in [0.5, 0.6) is 0 Å². The number of benzene rings is 3. The number of anilines is 1. The molecule has 4 aromatic rings. The van der Waals surface area contributed by atoms with Gasteiger partial charge in [-0.1, -0.05) is 48.5 Å². The number of pyridine rings is 1. The summed E-state index contributed by atoms with van der Waals surface area (Å²) < 4.78 is 27.6. The topological polar surface area (TPSA) is 138 Å². The van der Waals surface area contributed by atoms with E-state index < -0.39 is 10.0 Å². The number of carbonyl (C=O) groups excluding carboxylic acids is 1. The Morgan fingerprint density at radius 1 is 0.970 bits per heavy atom. The van der Waals surface area contributed by atoms with Crippen molar-refractivity contribution in [3.05, 3.63) is 102 Å². The first kappa shape index (κ1) is 22.0. The van der Waals surface area contributed by atoms with Crippen molar-refractivity contribution in [3.63, 3.8) is 0 Å². The van der Waals surface area contributed by atoms with E-state index >= 15 is 0 Å². The lowest BCUT2D eigenvalue weighted by Gasteiger charge is -2.11. The summed E-state index contributed by atoms with van der Waals surface area (Å²) in [4.78, 5) is 16.7. The highest BCUT2D eigenvalue weighted by Crippen LogP contribution is 2.24. The third-order valence-corrected chi connectivity index (χ3v) is 6.30. The van der Waals surface area contributed by atoms with Crippen LogP contribution < -0.4 is 15.8 Å². The second-order valence-corrected chi connectivity index (χ2v) is 8.94. The maximum absolute atomic E-state index is 12.8. The van der Waals surface area contributed by atoms with Crippen LogP contribution in [0.2, 0.25) is 0 Å². The number of rotatable bonds is 7. The van der Waals surface area contributed by atoms with E-state index in [2.05, 4.69) is 15.0 Å². The lowest BCUT2D eigenvalue weighted by molar-refractivity contribution is 0.0952. The first-order valence-electron chi connectivity index (χ1n) is 10.0. The number of nitrogen functional groups attached to an aromatic ring is 1. The molecule has 5 N–H and O–H groups in total. The molecular weight excluding hydrogens is 438 g/mol. The van der Waals surface area contributed by atoms with Gasteiger partial charge in [0, 0.05) is 29.6 Å². The van der Waals surface area contributed by atoms with E-state index in [4.69, 9.17) is 11.1 Å². The van der Waals surface area contributed by atoms with E-state index in [9.17, 15) is 13.2 Å². The minimum Gasteiger partial charge on any atom is -0.384 e. The van der Waals surface area contributed by atoms with Crippen molar-refractivity contribution < 1.29 is 13.2 Å². The molecule has 0 fully saturated rings. The number of aromatic nitrogens is 1. The van der Waals surface area contributed by atoms with Crippen molar-refractivity contribution in [2.75, 3.05) is 4.72 Å². The molecule has 166 valence electrons. The number of carbonyl (C=O) groups is 1. The molecule has 3 aromatic carbocycles. The molecule has 0 spiro atoms. The maximum atomic E-state index is 12.8. The summed E-state index contributed by atoms with van der Waals surface area (Å²) in [6.45, 7) is 0.315. The Bertz CT molecular complexity index is 1440. The second-order valence-electron chi connectivity index (χ2n) is 7.31. The SMILES string of the molecule is N=C(N)c1ccc(CNC(=O)c2cccc3cc(NS(=O)(=O)c4ccccn4)ccc23)cc1. The number of sulfonamides is 1. The van der Waals surface area contributed by atoms with E-state index in [1.54, 1.807) is 66.7 Å². The van der Waals surface area contributed by atoms with Crippen molar-refractivity contribution in [1.29, 1.82) is 5.41 Å². The summed E-state index contributed by atoms with van der Waals surface area (Å²) in [6, 6.07) is 22.0. The van der Waals surface area contributed by atoms with Crippen molar-refractivity contribution >= 4 is 38.2 Å². The van der Waals surface area contributed by atoms with Gasteiger partial charge in [0.25, 0.3) is 15.9 Å². The average molecular weight is 460 g/mol. The van der Waals surface area contributed by atoms with Crippen LogP contribution in [0.15, 0.2) is 90.1 Å². The first-order valence-corrected chi connectivity index (χ1v) is 11.5. The number of amidine groups is 1. The highest BCUT2D eigenvalue weighted by Gasteiger charge is 2.16. The molecule has 1 aromatic heterocycles. The number of fused-ring (bicyclic) bond motifs is 1. The van der Waals surface area contributed by atoms with Gasteiger partial charge in [0.15, 0.2) is 5.03 Å². The molecule has 0 aliphatic carbocycles. The third-order valence-electron chi connectivity index (χ3n) is 5.01. The van der Waals surface area contributed by atoms with Gasteiger partial charge in [-0.15, -0.1) is 0 Å². The van der Waals surface area contributed by atoms with Gasteiger partial charge >= 0.3 is 0 Å². The Balaban J connectivity index is 1.52. The van der Waals surface area contributed by atoms with Crippen molar-refractivity contribution in [2.24, 2.45) is 5.73 Å². The molecule has 1 amide bonds. The number of nitrogens with zero attached hydrogens (tertiary/aromatic N) is 1. The molecule has 0 saturated heterocycles. The Hall–Kier alpha value is -4.24. The monoisotopic (exact) mass is 459 g/mol. The summed E-state index contributed by atoms with van der Waals surface area (Å²) >= 11 is 0. The van der Waals surface area contributed by atoms with E-state index in [1.807, 2.05) is 6.07 Å². The van der Waals surface area contributed by atoms with E-state index in [-0.39, 0.29) is 16.8 Å². The zero-order valence-electron chi connectivity index (χ0n) is 17.4. The van der Waals surface area contributed by atoms with Crippen molar-refractivity contribution in [3.8, 4) is 0 Å². The molecule has 8 nitrogen and oxygen atoms in total. The van der Waals surface area contributed by atoms with Gasteiger partial charge in [0.05, 0.1) is 0 Å². The van der Waals surface area contributed by atoms with E-state index in [1.165, 1.54) is 12.3 Å². The third kappa shape index (κ3) is 4.99. The highest BCUT2D eigenvalue weighted by molar-refractivity contribution is 7.92. The van der Waals surface area contributed by atoms with E-state index in [0.717, 1.165) is 10.9 Å². The minimum atomic E-state index is -3.82. The number of hydrogen-bond donors (Lipinski definition) is 4. The van der Waals surface area contributed by atoms with Crippen LogP contribution in [0.25, 0.3) is 10.8 Å². The molecule has 1 heterocycles. The predicted molar refractivity (Wildman–Crippen MR) is 128 cm³/mol. The van der Waals surface area contributed by atoms with Crippen LogP contribution in [0, 0.1) is 5.41 Å². The molecule has 4 rings (SSSR count). The Kier molecular flexibility index (Phi) is 6.05. The van der Waals surface area contributed by atoms with Gasteiger partial charge in [-0.2, -0.15) is 8.42 Å². The molecule has 0 bridgehead atoms. The van der Waals surface area contributed by atoms with Crippen LogP contribution in [0.4, 0.5) is 5.69 Å². The summed E-state index contributed by atoms with van der Waals surface area (Å²) in [5.74, 6) is -0.263. The smallest absolute Gasteiger partial charge is 0.279 e. The molecule has 0 aliphatic heterocycles. The molecular formula is C24H21N5O3S. The number of amides is 1. The molecule has 0 atom stereocenters. The maximum Gasteiger partial charge on any atom is 0.279 e. The standard InChI is InChI=1S/C24H21N5O3S/c25-23(26)17-9-7-16(8-10-17)15-28-24(30)21-5-3-4-18-14-19(11-12-20(18)21)29-33(31,32)22-6-1-2-13-27-22/h1-14,29H,15H2,(H3,25,26)(H,28,30). The molecule has 0 saturated carbocycles. The first-order chi connectivity index (χ1) is 15.8. The summed E-state index contributed by atoms with van der Waals surface area (Å²) in [5.41, 5.74) is 7.81. The minimum absolute atomic E-state index is 0.0111. The fourth-order valence-electron chi connectivity index (χ4n) is 3.34. The van der Waals surface area contributed by atoms with Gasteiger partial charge in [-0.25, -0.2) is 4.98 Å². The highest BCUT2D eigenvalue weighted by atomic mass is 32.2. The van der Waals surface area contributed by atoms with Gasteiger partial charge in [0.1, 0.15) is 5.84 Å². The Morgan fingerprint density at radius 3 is 2.45 bits per heavy atom. The molecule has 0 unspecified atom stereocenters. The molecule has 0 radical (unpaired) electrons. The lowest BCUT2D eigenvalue weighted by atomic mass is 10.0. The van der Waals surface area contributed by atoms with Crippen LogP contribution in [-0.2, 0) is 16.6 Å². The number of nitrogens with one attached hydrogen (secondary N) is 3.